The van der Waals surface area contributed by atoms with Gasteiger partial charge >= 0.3 is 0 Å². The third-order valence-electron chi connectivity index (χ3n) is 5.38. The van der Waals surface area contributed by atoms with Crippen LogP contribution in [0.25, 0.3) is 6.08 Å². The molecule has 1 heterocycles. The van der Waals surface area contributed by atoms with E-state index in [9.17, 15) is 9.90 Å². The Morgan fingerprint density at radius 3 is 1.97 bits per heavy atom. The van der Waals surface area contributed by atoms with Crippen molar-refractivity contribution in [1.29, 1.82) is 0 Å². The molecule has 2 aromatic rings. The van der Waals surface area contributed by atoms with Crippen LogP contribution in [0.5, 0.6) is 5.75 Å². The molecular weight excluding hydrogens is 416 g/mol. The average Bonchev–Trinajstić information content (AvgIpc) is 2.97. The molecule has 5 heteroatoms. The number of carbonyl (C=O) groups excluding carboxylic acids is 1. The second-order valence-corrected chi connectivity index (χ2v) is 11.6. The molecule has 0 spiro atoms. The Morgan fingerprint density at radius 2 is 1.50 bits per heavy atom. The van der Waals surface area contributed by atoms with Gasteiger partial charge < -0.3 is 5.11 Å². The summed E-state index contributed by atoms with van der Waals surface area (Å²) in [5, 5.41) is 11.7. The van der Waals surface area contributed by atoms with Gasteiger partial charge in [0.1, 0.15) is 5.75 Å². The van der Waals surface area contributed by atoms with E-state index in [1.807, 2.05) is 62.4 Å². The van der Waals surface area contributed by atoms with Crippen molar-refractivity contribution >= 4 is 34.6 Å². The maximum absolute atomic E-state index is 13.3. The molecule has 0 radical (unpaired) electrons. The molecule has 4 nitrogen and oxygen atoms in total. The Kier molecular flexibility index (Phi) is 6.62. The van der Waals surface area contributed by atoms with Crippen LogP contribution in [0.3, 0.4) is 0 Å². The smallest absolute Gasteiger partial charge is 0.266 e. The van der Waals surface area contributed by atoms with Gasteiger partial charge in [0.05, 0.1) is 10.6 Å². The first kappa shape index (κ1) is 24.1. The lowest BCUT2D eigenvalue weighted by atomic mass is 9.78. The maximum Gasteiger partial charge on any atom is 0.266 e. The quantitative estimate of drug-likeness (QED) is 0.512. The van der Waals surface area contributed by atoms with Crippen LogP contribution in [-0.2, 0) is 15.6 Å². The molecule has 1 aliphatic rings. The first-order valence-electron chi connectivity index (χ1n) is 11.0. The van der Waals surface area contributed by atoms with E-state index in [4.69, 9.17) is 4.99 Å². The number of aromatic hydroxyl groups is 1. The number of benzene rings is 2. The van der Waals surface area contributed by atoms with Crippen molar-refractivity contribution in [3.05, 3.63) is 64.1 Å². The minimum absolute atomic E-state index is 0.00143. The van der Waals surface area contributed by atoms with Gasteiger partial charge in [0, 0.05) is 17.2 Å². The van der Waals surface area contributed by atoms with Crippen molar-refractivity contribution < 1.29 is 9.90 Å². The Bertz CT molecular complexity index is 1040. The molecule has 1 aliphatic heterocycles. The Hall–Kier alpha value is -2.53. The highest BCUT2D eigenvalue weighted by atomic mass is 32.2. The fraction of sp³-hybridized carbons (Fsp3) is 0.407. The van der Waals surface area contributed by atoms with Crippen LogP contribution in [0.4, 0.5) is 5.69 Å². The topological polar surface area (TPSA) is 52.9 Å². The minimum atomic E-state index is -0.227. The van der Waals surface area contributed by atoms with Gasteiger partial charge in [0.2, 0.25) is 0 Å². The zero-order valence-corrected chi connectivity index (χ0v) is 21.2. The van der Waals surface area contributed by atoms with E-state index < -0.39 is 0 Å². The molecular formula is C27H34N2O2S. The van der Waals surface area contributed by atoms with Crippen LogP contribution >= 0.6 is 11.8 Å². The van der Waals surface area contributed by atoms with Crippen LogP contribution in [0.2, 0.25) is 0 Å². The number of aliphatic imine (C=N–C) groups is 1. The monoisotopic (exact) mass is 450 g/mol. The van der Waals surface area contributed by atoms with Gasteiger partial charge in [0.15, 0.2) is 5.17 Å². The second-order valence-electron chi connectivity index (χ2n) is 10.6. The lowest BCUT2D eigenvalue weighted by Crippen LogP contribution is -2.35. The third kappa shape index (κ3) is 5.09. The van der Waals surface area contributed by atoms with Crippen molar-refractivity contribution in [3.63, 3.8) is 0 Å². The Balaban J connectivity index is 2.11. The first-order valence-corrected chi connectivity index (χ1v) is 11.9. The van der Waals surface area contributed by atoms with Gasteiger partial charge in [-0.05, 0) is 72.3 Å². The zero-order valence-electron chi connectivity index (χ0n) is 20.4. The van der Waals surface area contributed by atoms with E-state index in [0.717, 1.165) is 22.4 Å². The largest absolute Gasteiger partial charge is 0.507 e. The Labute approximate surface area is 196 Å². The van der Waals surface area contributed by atoms with E-state index in [-0.39, 0.29) is 22.8 Å². The first-order chi connectivity index (χ1) is 14.8. The second kappa shape index (κ2) is 8.78. The average molecular weight is 451 g/mol. The van der Waals surface area contributed by atoms with Crippen molar-refractivity contribution in [2.45, 2.75) is 72.3 Å². The van der Waals surface area contributed by atoms with Gasteiger partial charge in [-0.1, -0.05) is 59.7 Å². The molecule has 0 aromatic heterocycles. The summed E-state index contributed by atoms with van der Waals surface area (Å²) < 4.78 is 0. The minimum Gasteiger partial charge on any atom is -0.507 e. The molecule has 0 atom stereocenters. The molecule has 170 valence electrons. The predicted molar refractivity (Wildman–Crippen MR) is 137 cm³/mol. The van der Waals surface area contributed by atoms with Crippen molar-refractivity contribution in [2.75, 3.05) is 0 Å². The number of hydrogen-bond donors (Lipinski definition) is 1. The van der Waals surface area contributed by atoms with Gasteiger partial charge in [0.25, 0.3) is 5.91 Å². The number of para-hydroxylation sites is 1. The van der Waals surface area contributed by atoms with Gasteiger partial charge in [-0.25, -0.2) is 4.99 Å². The summed E-state index contributed by atoms with van der Waals surface area (Å²) in [6.45, 7) is 16.5. The van der Waals surface area contributed by atoms with Crippen LogP contribution in [-0.4, -0.2) is 27.1 Å². The molecule has 2 aromatic carbocycles. The summed E-state index contributed by atoms with van der Waals surface area (Å²) in [6, 6.07) is 13.7. The fourth-order valence-electron chi connectivity index (χ4n) is 3.67. The van der Waals surface area contributed by atoms with Crippen LogP contribution < -0.4 is 0 Å². The van der Waals surface area contributed by atoms with Crippen molar-refractivity contribution in [2.24, 2.45) is 4.99 Å². The SMILES string of the molecule is CC(C)N1C(=O)/C(=C\c2cc(C(C)(C)C)c(O)c(C(C)(C)C)c2)SC1=Nc1ccccc1. The van der Waals surface area contributed by atoms with Gasteiger partial charge in [-0.2, -0.15) is 0 Å². The van der Waals surface area contributed by atoms with E-state index in [2.05, 4.69) is 41.5 Å². The molecule has 1 amide bonds. The molecule has 1 N–H and O–H groups in total. The molecule has 32 heavy (non-hydrogen) atoms. The Morgan fingerprint density at radius 1 is 0.969 bits per heavy atom. The number of hydrogen-bond acceptors (Lipinski definition) is 4. The van der Waals surface area contributed by atoms with Crippen molar-refractivity contribution in [1.82, 2.24) is 4.90 Å². The highest BCUT2D eigenvalue weighted by Gasteiger charge is 2.35. The maximum atomic E-state index is 13.3. The van der Waals surface area contributed by atoms with Gasteiger partial charge in [-0.3, -0.25) is 9.69 Å². The van der Waals surface area contributed by atoms with Crippen LogP contribution in [0, 0.1) is 0 Å². The molecule has 1 fully saturated rings. The highest BCUT2D eigenvalue weighted by molar-refractivity contribution is 8.18. The summed E-state index contributed by atoms with van der Waals surface area (Å²) in [6.07, 6.45) is 1.93. The summed E-state index contributed by atoms with van der Waals surface area (Å²) in [5.74, 6) is 0.301. The summed E-state index contributed by atoms with van der Waals surface area (Å²) in [7, 11) is 0. The van der Waals surface area contributed by atoms with Crippen LogP contribution in [0.15, 0.2) is 52.4 Å². The molecule has 3 rings (SSSR count). The van der Waals surface area contributed by atoms with Gasteiger partial charge in [-0.15, -0.1) is 0 Å². The summed E-state index contributed by atoms with van der Waals surface area (Å²) in [4.78, 5) is 20.4. The van der Waals surface area contributed by atoms with E-state index in [0.29, 0.717) is 15.8 Å². The van der Waals surface area contributed by atoms with Crippen LogP contribution in [0.1, 0.15) is 72.1 Å². The predicted octanol–water partition coefficient (Wildman–Crippen LogP) is 7.00. The van der Waals surface area contributed by atoms with E-state index >= 15 is 0 Å². The van der Waals surface area contributed by atoms with E-state index in [1.54, 1.807) is 4.90 Å². The number of nitrogens with zero attached hydrogens (tertiary/aromatic N) is 2. The fourth-order valence-corrected chi connectivity index (χ4v) is 4.79. The molecule has 0 aliphatic carbocycles. The number of rotatable bonds is 3. The number of carbonyl (C=O) groups is 1. The highest BCUT2D eigenvalue weighted by Crippen LogP contribution is 2.41. The summed E-state index contributed by atoms with van der Waals surface area (Å²) >= 11 is 1.40. The third-order valence-corrected chi connectivity index (χ3v) is 6.36. The summed E-state index contributed by atoms with van der Waals surface area (Å²) in [5.41, 5.74) is 3.05. The van der Waals surface area contributed by atoms with E-state index in [1.165, 1.54) is 11.8 Å². The number of amides is 1. The molecule has 0 bridgehead atoms. The number of phenolic OH excluding ortho intramolecular Hbond substituents is 1. The molecule has 1 saturated heterocycles. The normalized spacial score (nSPS) is 17.8. The molecule has 0 unspecified atom stereocenters. The lowest BCUT2D eigenvalue weighted by Gasteiger charge is -2.28. The number of phenols is 1. The number of amidine groups is 1. The van der Waals surface area contributed by atoms with Crippen molar-refractivity contribution in [3.8, 4) is 5.75 Å². The zero-order chi connectivity index (χ0) is 23.8. The lowest BCUT2D eigenvalue weighted by molar-refractivity contribution is -0.123. The molecule has 0 saturated carbocycles. The standard InChI is InChI=1S/C27H34N2O2S/c1-17(2)29-24(31)22(32-25(29)28-19-12-10-9-11-13-19)16-18-14-20(26(3,4)5)23(30)21(15-18)27(6,7)8/h9-17,30H,1-8H3/b22-16+,28-25?. The number of thioether (sulfide) groups is 1.